The Morgan fingerprint density at radius 3 is 1.96 bits per heavy atom. The van der Waals surface area contributed by atoms with E-state index in [2.05, 4.69) is 92.7 Å². The number of rotatable bonds is 1. The van der Waals surface area contributed by atoms with Crippen LogP contribution in [0.3, 0.4) is 0 Å². The van der Waals surface area contributed by atoms with E-state index in [1.807, 2.05) is 0 Å². The summed E-state index contributed by atoms with van der Waals surface area (Å²) in [7, 11) is 0. The van der Waals surface area contributed by atoms with Crippen LogP contribution in [0.25, 0.3) is 6.08 Å². The largest absolute Gasteiger partial charge is 0.507 e. The molecule has 0 amide bonds. The Balaban J connectivity index is 2.34. The number of aryl methyl sites for hydroxylation is 2. The first-order valence-electron chi connectivity index (χ1n) is 9.98. The Hall–Kier alpha value is -2.02. The topological polar surface area (TPSA) is 20.2 Å². The van der Waals surface area contributed by atoms with Crippen molar-refractivity contribution in [1.82, 2.24) is 0 Å². The smallest absolute Gasteiger partial charge is 0.123 e. The molecule has 0 aromatic heterocycles. The zero-order valence-electron chi connectivity index (χ0n) is 18.4. The maximum absolute atomic E-state index is 11.4. The Morgan fingerprint density at radius 1 is 0.815 bits per heavy atom. The molecule has 0 aliphatic heterocycles. The van der Waals surface area contributed by atoms with E-state index in [9.17, 15) is 5.11 Å². The van der Waals surface area contributed by atoms with Crippen LogP contribution in [0, 0.1) is 13.8 Å². The van der Waals surface area contributed by atoms with Gasteiger partial charge in [-0.3, -0.25) is 0 Å². The zero-order chi connectivity index (χ0) is 20.3. The number of hydrogen-bond acceptors (Lipinski definition) is 1. The third-order valence-corrected chi connectivity index (χ3v) is 5.96. The molecule has 1 nitrogen and oxygen atoms in total. The second kappa shape index (κ2) is 6.26. The van der Waals surface area contributed by atoms with E-state index >= 15 is 0 Å². The van der Waals surface area contributed by atoms with Crippen molar-refractivity contribution in [3.8, 4) is 5.75 Å². The van der Waals surface area contributed by atoms with Crippen LogP contribution in [0.4, 0.5) is 0 Å². The number of phenols is 1. The monoisotopic (exact) mass is 362 g/mol. The van der Waals surface area contributed by atoms with Gasteiger partial charge in [0.1, 0.15) is 5.75 Å². The molecule has 0 fully saturated rings. The summed E-state index contributed by atoms with van der Waals surface area (Å²) in [5, 5.41) is 11.4. The van der Waals surface area contributed by atoms with Crippen molar-refractivity contribution in [1.29, 1.82) is 0 Å². The molecular formula is C26H34O. The van der Waals surface area contributed by atoms with Gasteiger partial charge in [-0.1, -0.05) is 77.5 Å². The molecule has 1 N–H and O–H groups in total. The van der Waals surface area contributed by atoms with Crippen LogP contribution in [0.2, 0.25) is 0 Å². The fourth-order valence-electron chi connectivity index (χ4n) is 4.25. The van der Waals surface area contributed by atoms with Gasteiger partial charge in [-0.05, 0) is 65.0 Å². The fraction of sp³-hybridized carbons (Fsp3) is 0.462. The second-order valence-electron chi connectivity index (χ2n) is 10.3. The number of benzene rings is 2. The van der Waals surface area contributed by atoms with Crippen molar-refractivity contribution in [2.24, 2.45) is 0 Å². The molecule has 0 radical (unpaired) electrons. The van der Waals surface area contributed by atoms with Gasteiger partial charge in [0.2, 0.25) is 0 Å². The zero-order valence-corrected chi connectivity index (χ0v) is 18.4. The molecule has 1 unspecified atom stereocenters. The number of hydrogen-bond donors (Lipinski definition) is 1. The van der Waals surface area contributed by atoms with Gasteiger partial charge in [-0.15, -0.1) is 0 Å². The van der Waals surface area contributed by atoms with E-state index < -0.39 is 0 Å². The lowest BCUT2D eigenvalue weighted by molar-refractivity contribution is 0.437. The Morgan fingerprint density at radius 2 is 1.41 bits per heavy atom. The molecule has 0 bridgehead atoms. The third kappa shape index (κ3) is 3.33. The van der Waals surface area contributed by atoms with E-state index in [1.165, 1.54) is 33.4 Å². The highest BCUT2D eigenvalue weighted by Gasteiger charge is 2.33. The summed E-state index contributed by atoms with van der Waals surface area (Å²) in [5.74, 6) is 0.588. The minimum Gasteiger partial charge on any atom is -0.507 e. The van der Waals surface area contributed by atoms with Crippen molar-refractivity contribution in [3.63, 3.8) is 0 Å². The second-order valence-corrected chi connectivity index (χ2v) is 10.3. The minimum atomic E-state index is -0.110. The van der Waals surface area contributed by atoms with Crippen molar-refractivity contribution >= 4 is 6.08 Å². The SMILES string of the molecule is CC1=Cc2c(C)ccc(C)c2C1c1cc(C(C)(C)C)cc(C(C)(C)C)c1O. The average Bonchev–Trinajstić information content (AvgIpc) is 2.87. The normalized spacial score (nSPS) is 17.1. The highest BCUT2D eigenvalue weighted by Crippen LogP contribution is 2.49. The van der Waals surface area contributed by atoms with Crippen LogP contribution < -0.4 is 0 Å². The molecule has 1 atom stereocenters. The summed E-state index contributed by atoms with van der Waals surface area (Å²) in [6, 6.07) is 8.86. The van der Waals surface area contributed by atoms with Crippen molar-refractivity contribution in [3.05, 3.63) is 68.8 Å². The molecule has 0 spiro atoms. The van der Waals surface area contributed by atoms with Crippen LogP contribution in [-0.2, 0) is 10.8 Å². The molecule has 2 aromatic rings. The summed E-state index contributed by atoms with van der Waals surface area (Å²) in [5.41, 5.74) is 9.89. The third-order valence-electron chi connectivity index (χ3n) is 5.96. The van der Waals surface area contributed by atoms with E-state index in [4.69, 9.17) is 0 Å². The van der Waals surface area contributed by atoms with Crippen LogP contribution >= 0.6 is 0 Å². The van der Waals surface area contributed by atoms with Gasteiger partial charge in [0.15, 0.2) is 0 Å². The highest BCUT2D eigenvalue weighted by molar-refractivity contribution is 5.74. The fourth-order valence-corrected chi connectivity index (χ4v) is 4.25. The summed E-state index contributed by atoms with van der Waals surface area (Å²) < 4.78 is 0. The molecule has 1 aliphatic carbocycles. The molecule has 3 rings (SSSR count). The van der Waals surface area contributed by atoms with Gasteiger partial charge >= 0.3 is 0 Å². The summed E-state index contributed by atoms with van der Waals surface area (Å²) in [6.45, 7) is 19.8. The lowest BCUT2D eigenvalue weighted by atomic mass is 9.75. The number of phenolic OH excluding ortho intramolecular Hbond substituents is 1. The molecule has 144 valence electrons. The first-order valence-corrected chi connectivity index (χ1v) is 9.98. The molecule has 27 heavy (non-hydrogen) atoms. The minimum absolute atomic E-state index is 0.0309. The molecular weight excluding hydrogens is 328 g/mol. The van der Waals surface area contributed by atoms with Gasteiger partial charge in [-0.2, -0.15) is 0 Å². The van der Waals surface area contributed by atoms with E-state index in [0.717, 1.165) is 11.1 Å². The lowest BCUT2D eigenvalue weighted by Gasteiger charge is -2.30. The van der Waals surface area contributed by atoms with Gasteiger partial charge in [0.05, 0.1) is 0 Å². The number of fused-ring (bicyclic) bond motifs is 1. The van der Waals surface area contributed by atoms with Crippen LogP contribution in [0.1, 0.15) is 93.3 Å². The maximum Gasteiger partial charge on any atom is 0.123 e. The predicted molar refractivity (Wildman–Crippen MR) is 117 cm³/mol. The quantitative estimate of drug-likeness (QED) is 0.571. The van der Waals surface area contributed by atoms with Crippen molar-refractivity contribution in [2.75, 3.05) is 0 Å². The number of allylic oxidation sites excluding steroid dienone is 1. The average molecular weight is 363 g/mol. The molecule has 0 saturated heterocycles. The van der Waals surface area contributed by atoms with E-state index in [-0.39, 0.29) is 16.7 Å². The Kier molecular flexibility index (Phi) is 4.57. The lowest BCUT2D eigenvalue weighted by Crippen LogP contribution is -2.18. The first-order chi connectivity index (χ1) is 12.3. The van der Waals surface area contributed by atoms with Gasteiger partial charge < -0.3 is 5.11 Å². The predicted octanol–water partition coefficient (Wildman–Crippen LogP) is 7.15. The van der Waals surface area contributed by atoms with Crippen LogP contribution in [0.5, 0.6) is 5.75 Å². The molecule has 2 aromatic carbocycles. The Bertz CT molecular complexity index is 930. The maximum atomic E-state index is 11.4. The van der Waals surface area contributed by atoms with Crippen LogP contribution in [0.15, 0.2) is 29.8 Å². The van der Waals surface area contributed by atoms with Crippen molar-refractivity contribution in [2.45, 2.75) is 79.1 Å². The summed E-state index contributed by atoms with van der Waals surface area (Å²) >= 11 is 0. The molecule has 1 aliphatic rings. The van der Waals surface area contributed by atoms with E-state index in [0.29, 0.717) is 5.75 Å². The van der Waals surface area contributed by atoms with Gasteiger partial charge in [-0.25, -0.2) is 0 Å². The van der Waals surface area contributed by atoms with Gasteiger partial charge in [0, 0.05) is 11.5 Å². The van der Waals surface area contributed by atoms with E-state index in [1.54, 1.807) is 0 Å². The summed E-state index contributed by atoms with van der Waals surface area (Å²) in [4.78, 5) is 0. The molecule has 0 saturated carbocycles. The Labute approximate surface area is 165 Å². The van der Waals surface area contributed by atoms with Crippen LogP contribution in [-0.4, -0.2) is 5.11 Å². The standard InChI is InChI=1S/C26H34O/c1-15-10-11-16(2)22-19(15)12-17(3)23(22)20-13-18(25(4,5)6)14-21(24(20)27)26(7,8)9/h10-14,23,27H,1-9H3. The first kappa shape index (κ1) is 19.7. The molecule has 0 heterocycles. The highest BCUT2D eigenvalue weighted by atomic mass is 16.3. The molecule has 1 heteroatoms. The van der Waals surface area contributed by atoms with Gasteiger partial charge in [0.25, 0.3) is 0 Å². The number of aromatic hydroxyl groups is 1. The van der Waals surface area contributed by atoms with Crippen molar-refractivity contribution < 1.29 is 5.11 Å². The summed E-state index contributed by atoms with van der Waals surface area (Å²) in [6.07, 6.45) is 2.31.